The van der Waals surface area contributed by atoms with Gasteiger partial charge < -0.3 is 5.32 Å². The number of benzene rings is 1. The molecule has 118 valence electrons. The summed E-state index contributed by atoms with van der Waals surface area (Å²) in [5.41, 5.74) is 1.22. The van der Waals surface area contributed by atoms with Crippen molar-refractivity contribution in [2.24, 2.45) is 5.92 Å². The van der Waals surface area contributed by atoms with Crippen LogP contribution >= 0.6 is 23.2 Å². The van der Waals surface area contributed by atoms with Gasteiger partial charge in [-0.25, -0.2) is 0 Å². The summed E-state index contributed by atoms with van der Waals surface area (Å²) in [4.78, 5) is 0. The van der Waals surface area contributed by atoms with Crippen molar-refractivity contribution in [3.8, 4) is 0 Å². The third kappa shape index (κ3) is 5.47. The summed E-state index contributed by atoms with van der Waals surface area (Å²) in [6.45, 7) is 3.21. The lowest BCUT2D eigenvalue weighted by Crippen LogP contribution is -2.38. The Balaban J connectivity index is 2.06. The minimum absolute atomic E-state index is 0.534. The van der Waals surface area contributed by atoms with E-state index in [1.165, 1.54) is 50.5 Å². The van der Waals surface area contributed by atoms with E-state index in [9.17, 15) is 0 Å². The first-order valence-electron chi connectivity index (χ1n) is 8.38. The molecule has 0 heterocycles. The molecule has 21 heavy (non-hydrogen) atoms. The maximum atomic E-state index is 6.36. The van der Waals surface area contributed by atoms with Crippen molar-refractivity contribution in [1.29, 1.82) is 0 Å². The van der Waals surface area contributed by atoms with Gasteiger partial charge >= 0.3 is 0 Å². The summed E-state index contributed by atoms with van der Waals surface area (Å²) in [6.07, 6.45) is 10.7. The van der Waals surface area contributed by atoms with E-state index in [-0.39, 0.29) is 0 Å². The van der Waals surface area contributed by atoms with E-state index >= 15 is 0 Å². The van der Waals surface area contributed by atoms with Gasteiger partial charge in [-0.05, 0) is 49.4 Å². The lowest BCUT2D eigenvalue weighted by atomic mass is 9.83. The van der Waals surface area contributed by atoms with E-state index in [4.69, 9.17) is 23.2 Å². The fraction of sp³-hybridized carbons (Fsp3) is 0.667. The van der Waals surface area contributed by atoms with Gasteiger partial charge in [0, 0.05) is 16.1 Å². The van der Waals surface area contributed by atoms with Crippen LogP contribution in [0, 0.1) is 5.92 Å². The molecule has 0 bridgehead atoms. The Labute approximate surface area is 139 Å². The van der Waals surface area contributed by atoms with Crippen molar-refractivity contribution in [2.45, 2.75) is 64.3 Å². The van der Waals surface area contributed by atoms with Gasteiger partial charge in [0.15, 0.2) is 0 Å². The third-order valence-electron chi connectivity index (χ3n) is 4.64. The normalized spacial score (nSPS) is 19.0. The molecule has 0 aromatic heterocycles. The molecule has 0 amide bonds. The highest BCUT2D eigenvalue weighted by molar-refractivity contribution is 6.35. The van der Waals surface area contributed by atoms with Crippen molar-refractivity contribution in [3.05, 3.63) is 33.8 Å². The van der Waals surface area contributed by atoms with E-state index in [1.54, 1.807) is 0 Å². The van der Waals surface area contributed by atoms with E-state index < -0.39 is 0 Å². The molecular weight excluding hydrogens is 301 g/mol. The number of likely N-dealkylation sites (N-methyl/N-ethyl adjacent to an activating group) is 1. The van der Waals surface area contributed by atoms with E-state index in [0.29, 0.717) is 6.04 Å². The quantitative estimate of drug-likeness (QED) is 0.712. The molecule has 0 aliphatic heterocycles. The number of hydrogen-bond donors (Lipinski definition) is 1. The lowest BCUT2D eigenvalue weighted by molar-refractivity contribution is 0.286. The summed E-state index contributed by atoms with van der Waals surface area (Å²) in [7, 11) is 0. The minimum Gasteiger partial charge on any atom is -0.314 e. The number of halogens is 2. The molecule has 0 radical (unpaired) electrons. The molecule has 1 N–H and O–H groups in total. The SMILES string of the molecule is CCNC(Cc1ccc(Cl)cc1Cl)C1CCCCCCC1. The van der Waals surface area contributed by atoms with Gasteiger partial charge in [-0.2, -0.15) is 0 Å². The topological polar surface area (TPSA) is 12.0 Å². The smallest absolute Gasteiger partial charge is 0.0453 e. The second kappa shape index (κ2) is 9.02. The van der Waals surface area contributed by atoms with Gasteiger partial charge in [-0.15, -0.1) is 0 Å². The molecule has 1 atom stereocenters. The van der Waals surface area contributed by atoms with Crippen molar-refractivity contribution in [3.63, 3.8) is 0 Å². The largest absolute Gasteiger partial charge is 0.314 e. The molecule has 1 nitrogen and oxygen atoms in total. The first-order chi connectivity index (χ1) is 10.2. The van der Waals surface area contributed by atoms with E-state index in [0.717, 1.165) is 28.9 Å². The fourth-order valence-electron chi connectivity index (χ4n) is 3.48. The van der Waals surface area contributed by atoms with Crippen LogP contribution in [-0.4, -0.2) is 12.6 Å². The zero-order valence-electron chi connectivity index (χ0n) is 13.0. The zero-order chi connectivity index (χ0) is 15.1. The second-order valence-corrected chi connectivity index (χ2v) is 7.05. The Hall–Kier alpha value is -0.240. The lowest BCUT2D eigenvalue weighted by Gasteiger charge is -2.30. The third-order valence-corrected chi connectivity index (χ3v) is 5.23. The molecule has 1 saturated carbocycles. The highest BCUT2D eigenvalue weighted by atomic mass is 35.5. The van der Waals surface area contributed by atoms with Gasteiger partial charge in [-0.1, -0.05) is 68.3 Å². The monoisotopic (exact) mass is 327 g/mol. The van der Waals surface area contributed by atoms with Crippen LogP contribution in [0.3, 0.4) is 0 Å². The average molecular weight is 328 g/mol. The molecule has 3 heteroatoms. The Morgan fingerprint density at radius 1 is 1.10 bits per heavy atom. The minimum atomic E-state index is 0.534. The maximum absolute atomic E-state index is 6.36. The molecule has 0 saturated heterocycles. The molecule has 1 aromatic rings. The van der Waals surface area contributed by atoms with E-state index in [2.05, 4.69) is 18.3 Å². The zero-order valence-corrected chi connectivity index (χ0v) is 14.5. The Kier molecular flexibility index (Phi) is 7.36. The Bertz CT molecular complexity index is 425. The van der Waals surface area contributed by atoms with Gasteiger partial charge in [-0.3, -0.25) is 0 Å². The fourth-order valence-corrected chi connectivity index (χ4v) is 3.97. The van der Waals surface area contributed by atoms with Crippen molar-refractivity contribution in [2.75, 3.05) is 6.54 Å². The van der Waals surface area contributed by atoms with Crippen LogP contribution in [0.2, 0.25) is 10.0 Å². The second-order valence-electron chi connectivity index (χ2n) is 6.21. The predicted molar refractivity (Wildman–Crippen MR) is 93.4 cm³/mol. The van der Waals surface area contributed by atoms with Crippen LogP contribution in [-0.2, 0) is 6.42 Å². The molecule has 1 aliphatic carbocycles. The van der Waals surface area contributed by atoms with Gasteiger partial charge in [0.2, 0.25) is 0 Å². The van der Waals surface area contributed by atoms with Crippen LogP contribution in [0.25, 0.3) is 0 Å². The van der Waals surface area contributed by atoms with Gasteiger partial charge in [0.1, 0.15) is 0 Å². The predicted octanol–water partition coefficient (Wildman–Crippen LogP) is 5.87. The summed E-state index contributed by atoms with van der Waals surface area (Å²) in [6, 6.07) is 6.42. The maximum Gasteiger partial charge on any atom is 0.0453 e. The van der Waals surface area contributed by atoms with E-state index in [1.807, 2.05) is 12.1 Å². The van der Waals surface area contributed by atoms with Crippen molar-refractivity contribution >= 4 is 23.2 Å². The average Bonchev–Trinajstić information content (AvgIpc) is 2.41. The summed E-state index contributed by atoms with van der Waals surface area (Å²) < 4.78 is 0. The Morgan fingerprint density at radius 2 is 1.76 bits per heavy atom. The van der Waals surface area contributed by atoms with Crippen LogP contribution in [0.15, 0.2) is 18.2 Å². The van der Waals surface area contributed by atoms with Crippen LogP contribution < -0.4 is 5.32 Å². The molecule has 1 fully saturated rings. The van der Waals surface area contributed by atoms with Crippen molar-refractivity contribution in [1.82, 2.24) is 5.32 Å². The highest BCUT2D eigenvalue weighted by Crippen LogP contribution is 2.29. The van der Waals surface area contributed by atoms with Crippen molar-refractivity contribution < 1.29 is 0 Å². The molecule has 1 unspecified atom stereocenters. The van der Waals surface area contributed by atoms with Crippen LogP contribution in [0.4, 0.5) is 0 Å². The molecule has 2 rings (SSSR count). The highest BCUT2D eigenvalue weighted by Gasteiger charge is 2.22. The number of hydrogen-bond acceptors (Lipinski definition) is 1. The first-order valence-corrected chi connectivity index (χ1v) is 9.13. The Morgan fingerprint density at radius 3 is 2.38 bits per heavy atom. The molecular formula is C18H27Cl2N. The van der Waals surface area contributed by atoms with Gasteiger partial charge in [0.25, 0.3) is 0 Å². The van der Waals surface area contributed by atoms with Crippen LogP contribution in [0.5, 0.6) is 0 Å². The summed E-state index contributed by atoms with van der Waals surface area (Å²) in [5, 5.41) is 5.22. The number of rotatable bonds is 5. The standard InChI is InChI=1S/C18H27Cl2N/c1-2-21-18(14-8-6-4-3-5-7-9-14)12-15-10-11-16(19)13-17(15)20/h10-11,13-14,18,21H,2-9,12H2,1H3. The first kappa shape index (κ1) is 17.1. The van der Waals surface area contributed by atoms with Gasteiger partial charge in [0.05, 0.1) is 0 Å². The molecule has 0 spiro atoms. The molecule has 1 aliphatic rings. The molecule has 1 aromatic carbocycles. The summed E-state index contributed by atoms with van der Waals surface area (Å²) >= 11 is 12.4. The summed E-state index contributed by atoms with van der Waals surface area (Å²) in [5.74, 6) is 0.775. The number of nitrogens with one attached hydrogen (secondary N) is 1. The van der Waals surface area contributed by atoms with Crippen LogP contribution in [0.1, 0.15) is 57.4 Å².